The van der Waals surface area contributed by atoms with E-state index in [9.17, 15) is 9.67 Å². The van der Waals surface area contributed by atoms with Crippen LogP contribution in [0.2, 0.25) is 0 Å². The van der Waals surface area contributed by atoms with E-state index in [0.29, 0.717) is 18.1 Å². The van der Waals surface area contributed by atoms with E-state index >= 15 is 0 Å². The van der Waals surface area contributed by atoms with Gasteiger partial charge in [-0.2, -0.15) is 0 Å². The molecule has 0 aliphatic rings. The van der Waals surface area contributed by atoms with Gasteiger partial charge in [0.2, 0.25) is 7.37 Å². The third-order valence-corrected chi connectivity index (χ3v) is 8.65. The van der Waals surface area contributed by atoms with Gasteiger partial charge in [0.25, 0.3) is 0 Å². The summed E-state index contributed by atoms with van der Waals surface area (Å²) in [6.45, 7) is 17.2. The first kappa shape index (κ1) is 27.6. The van der Waals surface area contributed by atoms with E-state index in [1.165, 1.54) is 5.56 Å². The Labute approximate surface area is 201 Å². The second-order valence-electron chi connectivity index (χ2n) is 10.9. The summed E-state index contributed by atoms with van der Waals surface area (Å²) in [6, 6.07) is 14.5. The Morgan fingerprint density at radius 1 is 0.939 bits per heavy atom. The van der Waals surface area contributed by atoms with Crippen LogP contribution < -0.4 is 5.32 Å². The van der Waals surface area contributed by atoms with E-state index < -0.39 is 13.6 Å². The van der Waals surface area contributed by atoms with Crippen molar-refractivity contribution in [2.75, 3.05) is 18.9 Å². The van der Waals surface area contributed by atoms with E-state index in [2.05, 4.69) is 71.1 Å². The van der Waals surface area contributed by atoms with Crippen LogP contribution in [-0.2, 0) is 26.3 Å². The molecule has 33 heavy (non-hydrogen) atoms. The molecular formula is C28H44NO3P. The van der Waals surface area contributed by atoms with Crippen LogP contribution in [0.3, 0.4) is 0 Å². The maximum absolute atomic E-state index is 13.3. The smallest absolute Gasteiger partial charge is 0.204 e. The third-order valence-electron chi connectivity index (χ3n) is 6.13. The Bertz CT molecular complexity index is 899. The molecule has 2 aromatic rings. The molecular weight excluding hydrogens is 429 g/mol. The Morgan fingerprint density at radius 3 is 1.91 bits per heavy atom. The summed E-state index contributed by atoms with van der Waals surface area (Å²) in [5, 5.41) is 14.6. The zero-order valence-corrected chi connectivity index (χ0v) is 22.8. The summed E-state index contributed by atoms with van der Waals surface area (Å²) in [5.74, 6) is 0.343. The van der Waals surface area contributed by atoms with Crippen molar-refractivity contribution in [3.63, 3.8) is 0 Å². The van der Waals surface area contributed by atoms with Crippen molar-refractivity contribution in [2.45, 2.75) is 85.3 Å². The highest BCUT2D eigenvalue weighted by molar-refractivity contribution is 7.58. The average molecular weight is 474 g/mol. The Balaban J connectivity index is 2.41. The fourth-order valence-electron chi connectivity index (χ4n) is 3.90. The summed E-state index contributed by atoms with van der Waals surface area (Å²) >= 11 is 0. The van der Waals surface area contributed by atoms with Crippen molar-refractivity contribution in [3.8, 4) is 5.75 Å². The molecule has 2 rings (SSSR count). The lowest BCUT2D eigenvalue weighted by atomic mass is 9.78. The lowest BCUT2D eigenvalue weighted by molar-refractivity contribution is 0.169. The third kappa shape index (κ3) is 7.70. The molecule has 0 aromatic heterocycles. The number of aryl methyl sites for hydroxylation is 1. The maximum atomic E-state index is 13.3. The van der Waals surface area contributed by atoms with Crippen molar-refractivity contribution in [1.29, 1.82) is 0 Å². The van der Waals surface area contributed by atoms with Crippen LogP contribution in [0.25, 0.3) is 0 Å². The predicted octanol–water partition coefficient (Wildman–Crippen LogP) is 7.54. The van der Waals surface area contributed by atoms with Gasteiger partial charge in [0, 0.05) is 12.3 Å². The summed E-state index contributed by atoms with van der Waals surface area (Å²) in [6.07, 6.45) is 2.43. The fourth-order valence-corrected chi connectivity index (χ4v) is 5.23. The Morgan fingerprint density at radius 2 is 1.45 bits per heavy atom. The summed E-state index contributed by atoms with van der Waals surface area (Å²) in [4.78, 5) is 0. The van der Waals surface area contributed by atoms with Gasteiger partial charge in [0.15, 0.2) is 0 Å². The Hall–Kier alpha value is -1.61. The zero-order valence-electron chi connectivity index (χ0n) is 21.9. The van der Waals surface area contributed by atoms with Crippen LogP contribution >= 0.6 is 7.37 Å². The van der Waals surface area contributed by atoms with Crippen LogP contribution in [-0.4, -0.2) is 24.0 Å². The van der Waals surface area contributed by atoms with Crippen molar-refractivity contribution >= 4 is 7.37 Å². The Kier molecular flexibility index (Phi) is 9.39. The molecule has 0 aliphatic carbocycles. The van der Waals surface area contributed by atoms with E-state index in [1.54, 1.807) is 0 Å². The summed E-state index contributed by atoms with van der Waals surface area (Å²) in [7, 11) is -2.76. The van der Waals surface area contributed by atoms with E-state index in [1.807, 2.05) is 32.0 Å². The highest BCUT2D eigenvalue weighted by Gasteiger charge is 2.30. The van der Waals surface area contributed by atoms with Crippen LogP contribution in [0, 0.1) is 0 Å². The number of rotatable bonds is 10. The van der Waals surface area contributed by atoms with Gasteiger partial charge < -0.3 is 9.63 Å². The number of phenols is 1. The molecule has 0 radical (unpaired) electrons. The number of hydrogen-bond acceptors (Lipinski definition) is 4. The molecule has 2 N–H and O–H groups in total. The number of benzene rings is 2. The van der Waals surface area contributed by atoms with Gasteiger partial charge >= 0.3 is 0 Å². The monoisotopic (exact) mass is 473 g/mol. The van der Waals surface area contributed by atoms with Crippen LogP contribution in [0.1, 0.15) is 90.3 Å². The average Bonchev–Trinajstić information content (AvgIpc) is 2.75. The maximum Gasteiger partial charge on any atom is 0.204 e. The van der Waals surface area contributed by atoms with Crippen LogP contribution in [0.4, 0.5) is 0 Å². The van der Waals surface area contributed by atoms with Crippen molar-refractivity contribution in [1.82, 2.24) is 5.32 Å². The summed E-state index contributed by atoms with van der Waals surface area (Å²) < 4.78 is 19.6. The second kappa shape index (κ2) is 11.2. The first-order valence-corrected chi connectivity index (χ1v) is 14.2. The van der Waals surface area contributed by atoms with Gasteiger partial charge in [0.1, 0.15) is 12.0 Å². The van der Waals surface area contributed by atoms with Gasteiger partial charge in [-0.3, -0.25) is 9.88 Å². The van der Waals surface area contributed by atoms with E-state index in [0.717, 1.165) is 36.1 Å². The number of aromatic hydroxyl groups is 1. The molecule has 184 valence electrons. The van der Waals surface area contributed by atoms with Gasteiger partial charge in [-0.15, -0.1) is 0 Å². The molecule has 0 fully saturated rings. The zero-order chi connectivity index (χ0) is 24.9. The molecule has 5 heteroatoms. The van der Waals surface area contributed by atoms with Crippen molar-refractivity contribution < 1.29 is 14.2 Å². The minimum absolute atomic E-state index is 0.239. The normalized spacial score (nSPS) is 13.8. The highest BCUT2D eigenvalue weighted by atomic mass is 31.2. The summed E-state index contributed by atoms with van der Waals surface area (Å²) in [5.41, 5.74) is 3.51. The van der Waals surface area contributed by atoms with Gasteiger partial charge in [-0.05, 0) is 64.6 Å². The molecule has 2 aromatic carbocycles. The van der Waals surface area contributed by atoms with Gasteiger partial charge in [0.05, 0.1) is 0 Å². The first-order valence-electron chi connectivity index (χ1n) is 12.2. The molecule has 1 unspecified atom stereocenters. The lowest BCUT2D eigenvalue weighted by Gasteiger charge is -2.31. The van der Waals surface area contributed by atoms with Crippen molar-refractivity contribution in [3.05, 3.63) is 64.7 Å². The quantitative estimate of drug-likeness (QED) is 0.213. The van der Waals surface area contributed by atoms with E-state index in [-0.39, 0.29) is 10.8 Å². The molecule has 0 bridgehead atoms. The topological polar surface area (TPSA) is 58.6 Å². The molecule has 0 saturated heterocycles. The number of hydrogen-bond donors (Lipinski definition) is 2. The lowest BCUT2D eigenvalue weighted by Crippen LogP contribution is -2.27. The number of nitrogens with one attached hydrogen (secondary N) is 1. The first-order chi connectivity index (χ1) is 15.3. The standard InChI is InChI=1S/C28H44NO3P/c1-9-33(31,10-2)32-26(29-18-14-17-21-15-12-11-13-16-21)22-19-23(27(3,4)5)25(30)24(20-22)28(6,7)8/h11-13,15-16,19-20,26,29-30H,9-10,14,17-18H2,1-8H3. The molecule has 0 spiro atoms. The van der Waals surface area contributed by atoms with Crippen LogP contribution in [0.5, 0.6) is 5.75 Å². The molecule has 1 atom stereocenters. The second-order valence-corrected chi connectivity index (χ2v) is 14.0. The molecule has 0 saturated carbocycles. The minimum Gasteiger partial charge on any atom is -0.507 e. The van der Waals surface area contributed by atoms with Gasteiger partial charge in [-0.25, -0.2) is 0 Å². The van der Waals surface area contributed by atoms with Crippen LogP contribution in [0.15, 0.2) is 42.5 Å². The SMILES string of the molecule is CCP(=O)(CC)OC(NCCCc1ccccc1)c1cc(C(C)(C)C)c(O)c(C(C)(C)C)c1. The highest BCUT2D eigenvalue weighted by Crippen LogP contribution is 2.50. The van der Waals surface area contributed by atoms with Gasteiger partial charge in [-0.1, -0.05) is 85.7 Å². The minimum atomic E-state index is -2.76. The molecule has 0 aliphatic heterocycles. The number of phenolic OH excluding ortho intramolecular Hbond substituents is 1. The predicted molar refractivity (Wildman–Crippen MR) is 141 cm³/mol. The molecule has 4 nitrogen and oxygen atoms in total. The van der Waals surface area contributed by atoms with Crippen molar-refractivity contribution in [2.24, 2.45) is 0 Å². The largest absolute Gasteiger partial charge is 0.507 e. The van der Waals surface area contributed by atoms with E-state index in [4.69, 9.17) is 4.52 Å². The molecule has 0 amide bonds. The fraction of sp³-hybridized carbons (Fsp3) is 0.571. The molecule has 0 heterocycles.